The van der Waals surface area contributed by atoms with Crippen LogP contribution in [0.15, 0.2) is 12.2 Å². The first-order valence-electron chi connectivity index (χ1n) is 34.9. The van der Waals surface area contributed by atoms with E-state index in [1.165, 1.54) is 257 Å². The Kier molecular flexibility index (Phi) is 50.5. The maximum Gasteiger partial charge on any atom is 0.220 e. The highest BCUT2D eigenvalue weighted by Gasteiger charge is 2.51. The molecule has 0 aromatic heterocycles. The summed E-state index contributed by atoms with van der Waals surface area (Å²) in [5.41, 5.74) is 0. The average molecular weight is 1170 g/mol. The molecule has 486 valence electrons. The van der Waals surface area contributed by atoms with Crippen LogP contribution in [0.4, 0.5) is 0 Å². The van der Waals surface area contributed by atoms with E-state index in [4.69, 9.17) is 18.9 Å². The number of hydrogen-bond donors (Lipinski definition) is 9. The summed E-state index contributed by atoms with van der Waals surface area (Å²) < 4.78 is 22.9. The molecular weight excluding hydrogens is 1040 g/mol. The number of aliphatic hydroxyl groups is 8. The Balaban J connectivity index is 1.66. The molecule has 2 heterocycles. The molecule has 82 heavy (non-hydrogen) atoms. The van der Waals surface area contributed by atoms with Crippen LogP contribution in [0.1, 0.15) is 322 Å². The molecule has 2 saturated heterocycles. The van der Waals surface area contributed by atoms with Crippen molar-refractivity contribution < 1.29 is 64.6 Å². The number of amides is 1. The van der Waals surface area contributed by atoms with E-state index in [0.717, 1.165) is 38.5 Å². The van der Waals surface area contributed by atoms with Gasteiger partial charge in [0.05, 0.1) is 32.0 Å². The third-order valence-corrected chi connectivity index (χ3v) is 17.5. The number of carbonyl (C=O) groups excluding carboxylic acids is 1. The molecule has 2 aliphatic heterocycles. The lowest BCUT2D eigenvalue weighted by Crippen LogP contribution is -2.65. The van der Waals surface area contributed by atoms with Crippen molar-refractivity contribution in [2.45, 2.75) is 396 Å². The maximum atomic E-state index is 13.3. The van der Waals surface area contributed by atoms with E-state index in [1.807, 2.05) is 6.08 Å². The number of rotatable bonds is 58. The van der Waals surface area contributed by atoms with Crippen molar-refractivity contribution in [2.24, 2.45) is 0 Å². The number of allylic oxidation sites excluding steroid dienone is 1. The molecule has 9 N–H and O–H groups in total. The molecule has 2 fully saturated rings. The van der Waals surface area contributed by atoms with Gasteiger partial charge in [-0.15, -0.1) is 0 Å². The zero-order valence-corrected chi connectivity index (χ0v) is 52.8. The van der Waals surface area contributed by atoms with Crippen molar-refractivity contribution in [3.05, 3.63) is 12.2 Å². The second kappa shape index (κ2) is 53.9. The van der Waals surface area contributed by atoms with Crippen LogP contribution in [0.2, 0.25) is 0 Å². The topological polar surface area (TPSA) is 228 Å². The van der Waals surface area contributed by atoms with Gasteiger partial charge < -0.3 is 65.1 Å². The molecule has 0 aromatic carbocycles. The summed E-state index contributed by atoms with van der Waals surface area (Å²) in [5.74, 6) is -0.232. The van der Waals surface area contributed by atoms with Crippen LogP contribution in [0.5, 0.6) is 0 Å². The van der Waals surface area contributed by atoms with Crippen LogP contribution in [-0.4, -0.2) is 140 Å². The fraction of sp³-hybridized carbons (Fsp3) is 0.956. The number of hydrogen-bond acceptors (Lipinski definition) is 13. The minimum atomic E-state index is -1.79. The number of ether oxygens (including phenoxy) is 4. The van der Waals surface area contributed by atoms with Crippen molar-refractivity contribution in [1.82, 2.24) is 5.32 Å². The summed E-state index contributed by atoms with van der Waals surface area (Å²) >= 11 is 0. The van der Waals surface area contributed by atoms with Crippen LogP contribution >= 0.6 is 0 Å². The Morgan fingerprint density at radius 1 is 0.427 bits per heavy atom. The zero-order chi connectivity index (χ0) is 59.5. The van der Waals surface area contributed by atoms with E-state index in [1.54, 1.807) is 6.08 Å². The predicted molar refractivity (Wildman–Crippen MR) is 332 cm³/mol. The molecule has 0 radical (unpaired) electrons. The summed E-state index contributed by atoms with van der Waals surface area (Å²) in [4.78, 5) is 13.3. The minimum Gasteiger partial charge on any atom is -0.394 e. The lowest BCUT2D eigenvalue weighted by Gasteiger charge is -2.46. The van der Waals surface area contributed by atoms with Crippen molar-refractivity contribution >= 4 is 5.91 Å². The number of aliphatic hydroxyl groups excluding tert-OH is 8. The Morgan fingerprint density at radius 2 is 0.756 bits per heavy atom. The first kappa shape index (κ1) is 76.8. The lowest BCUT2D eigenvalue weighted by atomic mass is 9.97. The van der Waals surface area contributed by atoms with E-state index >= 15 is 0 Å². The summed E-state index contributed by atoms with van der Waals surface area (Å²) in [6, 6.07) is -0.911. The van der Waals surface area contributed by atoms with Gasteiger partial charge in [0.25, 0.3) is 0 Å². The SMILES string of the molecule is CCCCCCCCCCCCCCCCCCCCCCCCCCCCCC/C=C/C(O)C(COC1OC(CO)C(OC2OC(CO)C(O)C(O)C2O)C(O)C1O)NC(=O)CCCCCCCCCCCCCCCCCCCC. The standard InChI is InChI=1S/C68H131NO13/c1-3-5-7-9-11-13-15-17-19-21-23-24-25-26-27-28-29-30-31-32-33-34-35-37-39-41-43-45-47-49-51-57(72)56(69-60(73)52-50-48-46-44-42-40-38-36-22-20-18-16-14-12-10-8-6-4-2)55-79-67-65(78)63(76)66(59(54-71)81-67)82-68-64(77)62(75)61(74)58(53-70)80-68/h49,51,56-59,61-68,70-72,74-78H,3-48,50,52-55H2,1-2H3,(H,69,73)/b51-49+. The summed E-state index contributed by atoms with van der Waals surface area (Å²) in [6.07, 6.45) is 48.4. The third-order valence-electron chi connectivity index (χ3n) is 17.5. The molecule has 12 atom stereocenters. The van der Waals surface area contributed by atoms with Crippen molar-refractivity contribution in [1.29, 1.82) is 0 Å². The Morgan fingerprint density at radius 3 is 1.12 bits per heavy atom. The van der Waals surface area contributed by atoms with Crippen LogP contribution < -0.4 is 5.32 Å². The Bertz CT molecular complexity index is 1420. The van der Waals surface area contributed by atoms with Gasteiger partial charge in [-0.3, -0.25) is 4.79 Å². The fourth-order valence-corrected chi connectivity index (χ4v) is 11.9. The van der Waals surface area contributed by atoms with E-state index in [9.17, 15) is 45.6 Å². The van der Waals surface area contributed by atoms with Gasteiger partial charge in [-0.1, -0.05) is 309 Å². The maximum absolute atomic E-state index is 13.3. The van der Waals surface area contributed by atoms with Gasteiger partial charge in [0.1, 0.15) is 48.8 Å². The molecular formula is C68H131NO13. The number of unbranched alkanes of at least 4 members (excludes halogenated alkanes) is 45. The molecule has 1 amide bonds. The van der Waals surface area contributed by atoms with Gasteiger partial charge >= 0.3 is 0 Å². The van der Waals surface area contributed by atoms with Crippen molar-refractivity contribution in [2.75, 3.05) is 19.8 Å². The molecule has 14 nitrogen and oxygen atoms in total. The highest BCUT2D eigenvalue weighted by molar-refractivity contribution is 5.76. The van der Waals surface area contributed by atoms with Gasteiger partial charge in [0.15, 0.2) is 12.6 Å². The van der Waals surface area contributed by atoms with E-state index < -0.39 is 86.8 Å². The normalized spacial score (nSPS) is 23.9. The monoisotopic (exact) mass is 1170 g/mol. The Hall–Kier alpha value is -1.27. The molecule has 0 bridgehead atoms. The lowest BCUT2D eigenvalue weighted by molar-refractivity contribution is -0.359. The third kappa shape index (κ3) is 38.1. The Labute approximate surface area is 501 Å². The molecule has 12 unspecified atom stereocenters. The molecule has 0 aliphatic carbocycles. The van der Waals surface area contributed by atoms with Gasteiger partial charge in [-0.2, -0.15) is 0 Å². The molecule has 0 spiro atoms. The van der Waals surface area contributed by atoms with E-state index in [-0.39, 0.29) is 18.9 Å². The van der Waals surface area contributed by atoms with Gasteiger partial charge in [0, 0.05) is 6.42 Å². The van der Waals surface area contributed by atoms with Crippen LogP contribution in [-0.2, 0) is 23.7 Å². The van der Waals surface area contributed by atoms with Crippen LogP contribution in [0.25, 0.3) is 0 Å². The number of carbonyl (C=O) groups is 1. The molecule has 0 aromatic rings. The first-order valence-corrected chi connectivity index (χ1v) is 34.9. The largest absolute Gasteiger partial charge is 0.394 e. The van der Waals surface area contributed by atoms with Crippen LogP contribution in [0, 0.1) is 0 Å². The van der Waals surface area contributed by atoms with Gasteiger partial charge in [0.2, 0.25) is 5.91 Å². The smallest absolute Gasteiger partial charge is 0.220 e. The van der Waals surface area contributed by atoms with E-state index in [0.29, 0.717) is 6.42 Å². The van der Waals surface area contributed by atoms with Gasteiger partial charge in [-0.05, 0) is 19.3 Å². The van der Waals surface area contributed by atoms with Crippen LogP contribution in [0.3, 0.4) is 0 Å². The van der Waals surface area contributed by atoms with Crippen molar-refractivity contribution in [3.63, 3.8) is 0 Å². The summed E-state index contributed by atoms with van der Waals surface area (Å²) in [5, 5.41) is 87.4. The highest BCUT2D eigenvalue weighted by atomic mass is 16.7. The quantitative estimate of drug-likeness (QED) is 0.0204. The number of nitrogens with one attached hydrogen (secondary N) is 1. The zero-order valence-electron chi connectivity index (χ0n) is 52.8. The van der Waals surface area contributed by atoms with Crippen molar-refractivity contribution in [3.8, 4) is 0 Å². The minimum absolute atomic E-state index is 0.232. The summed E-state index contributed by atoms with van der Waals surface area (Å²) in [6.45, 7) is 2.85. The second-order valence-electron chi connectivity index (χ2n) is 25.0. The second-order valence-corrected chi connectivity index (χ2v) is 25.0. The molecule has 0 saturated carbocycles. The first-order chi connectivity index (χ1) is 40.1. The predicted octanol–water partition coefficient (Wildman–Crippen LogP) is 13.8. The molecule has 14 heteroatoms. The summed E-state index contributed by atoms with van der Waals surface area (Å²) in [7, 11) is 0. The van der Waals surface area contributed by atoms with Gasteiger partial charge in [-0.25, -0.2) is 0 Å². The molecule has 2 rings (SSSR count). The van der Waals surface area contributed by atoms with E-state index in [2.05, 4.69) is 19.2 Å². The fourth-order valence-electron chi connectivity index (χ4n) is 11.9. The molecule has 2 aliphatic rings. The average Bonchev–Trinajstić information content (AvgIpc) is 3.52. The highest BCUT2D eigenvalue weighted by Crippen LogP contribution is 2.30.